The molecule has 2 aliphatic rings. The lowest BCUT2D eigenvalue weighted by molar-refractivity contribution is -0.137. The Kier molecular flexibility index (Phi) is 3.96. The Labute approximate surface area is 141 Å². The summed E-state index contributed by atoms with van der Waals surface area (Å²) in [7, 11) is 0. The molecule has 0 bridgehead atoms. The molecule has 23 heavy (non-hydrogen) atoms. The van der Waals surface area contributed by atoms with Crippen LogP contribution in [-0.4, -0.2) is 46.7 Å². The van der Waals surface area contributed by atoms with Crippen LogP contribution in [0.15, 0.2) is 24.3 Å². The highest BCUT2D eigenvalue weighted by molar-refractivity contribution is 6.30. The monoisotopic (exact) mass is 338 g/mol. The number of likely N-dealkylation sites (tertiary alicyclic amines) is 1. The molecule has 126 valence electrons. The molecule has 2 heterocycles. The third-order valence-electron chi connectivity index (χ3n) is 5.07. The number of aliphatic hydroxyl groups is 1. The summed E-state index contributed by atoms with van der Waals surface area (Å²) >= 11 is 5.94. The van der Waals surface area contributed by atoms with Crippen molar-refractivity contribution >= 4 is 17.5 Å². The number of β-amino-alcohol motifs (C(OH)–C–C–N with tert-alkyl or cyclic N) is 1. The van der Waals surface area contributed by atoms with Gasteiger partial charge in [0.25, 0.3) is 0 Å². The van der Waals surface area contributed by atoms with Crippen molar-refractivity contribution in [3.8, 4) is 0 Å². The number of hydrogen-bond acceptors (Lipinski definition) is 4. The minimum atomic E-state index is -0.800. The molecule has 0 aliphatic carbocycles. The smallest absolute Gasteiger partial charge is 0.239 e. The number of aliphatic hydroxyl groups excluding tert-OH is 1. The number of epoxide rings is 1. The summed E-state index contributed by atoms with van der Waals surface area (Å²) in [6, 6.07) is 6.74. The quantitative estimate of drug-likeness (QED) is 0.819. The van der Waals surface area contributed by atoms with E-state index in [1.807, 2.05) is 32.9 Å². The summed E-state index contributed by atoms with van der Waals surface area (Å²) in [5, 5.41) is 11.3. The zero-order valence-corrected chi connectivity index (χ0v) is 14.4. The largest absolute Gasteiger partial charge is 0.388 e. The van der Waals surface area contributed by atoms with Crippen LogP contribution in [0.3, 0.4) is 0 Å². The van der Waals surface area contributed by atoms with Crippen LogP contribution in [0.2, 0.25) is 5.02 Å². The lowest BCUT2D eigenvalue weighted by Gasteiger charge is -2.37. The molecule has 5 nitrogen and oxygen atoms in total. The van der Waals surface area contributed by atoms with Gasteiger partial charge in [-0.05, 0) is 30.5 Å². The summed E-state index contributed by atoms with van der Waals surface area (Å²) in [6.45, 7) is 6.39. The molecule has 0 spiro atoms. The second-order valence-corrected chi connectivity index (χ2v) is 7.52. The lowest BCUT2D eigenvalue weighted by atomic mass is 9.79. The van der Waals surface area contributed by atoms with E-state index in [9.17, 15) is 9.90 Å². The molecular formula is C17H23ClN2O3. The fourth-order valence-electron chi connectivity index (χ4n) is 3.58. The van der Waals surface area contributed by atoms with Gasteiger partial charge in [-0.3, -0.25) is 4.79 Å². The van der Waals surface area contributed by atoms with Crippen molar-refractivity contribution in [2.24, 2.45) is 11.7 Å². The van der Waals surface area contributed by atoms with Gasteiger partial charge in [0, 0.05) is 5.02 Å². The molecule has 0 saturated carbocycles. The van der Waals surface area contributed by atoms with Crippen molar-refractivity contribution in [3.63, 3.8) is 0 Å². The lowest BCUT2D eigenvalue weighted by Crippen LogP contribution is -2.58. The van der Waals surface area contributed by atoms with E-state index < -0.39 is 23.3 Å². The minimum absolute atomic E-state index is 0.0514. The van der Waals surface area contributed by atoms with Crippen molar-refractivity contribution in [1.82, 2.24) is 4.90 Å². The molecule has 1 aromatic carbocycles. The molecule has 2 saturated heterocycles. The summed E-state index contributed by atoms with van der Waals surface area (Å²) < 4.78 is 5.98. The van der Waals surface area contributed by atoms with Gasteiger partial charge in [-0.25, -0.2) is 0 Å². The second kappa shape index (κ2) is 5.45. The van der Waals surface area contributed by atoms with E-state index in [-0.39, 0.29) is 18.4 Å². The number of piperidine rings is 1. The molecule has 1 amide bonds. The maximum atomic E-state index is 12.5. The van der Waals surface area contributed by atoms with Crippen molar-refractivity contribution in [2.45, 2.75) is 44.1 Å². The van der Waals surface area contributed by atoms with E-state index in [0.29, 0.717) is 11.6 Å². The number of nitrogens with zero attached hydrogens (tertiary/aromatic N) is 1. The Morgan fingerprint density at radius 2 is 2.04 bits per heavy atom. The number of carbonyl (C=O) groups excluding carboxylic acids is 1. The van der Waals surface area contributed by atoms with Gasteiger partial charge in [0.05, 0.1) is 19.1 Å². The molecule has 1 aromatic rings. The van der Waals surface area contributed by atoms with Gasteiger partial charge in [0.1, 0.15) is 11.7 Å². The van der Waals surface area contributed by atoms with Crippen molar-refractivity contribution in [2.75, 3.05) is 13.1 Å². The molecule has 3 N–H and O–H groups in total. The first-order valence-corrected chi connectivity index (χ1v) is 8.28. The number of halogens is 1. The summed E-state index contributed by atoms with van der Waals surface area (Å²) in [4.78, 5) is 14.1. The van der Waals surface area contributed by atoms with Gasteiger partial charge >= 0.3 is 0 Å². The first-order valence-electron chi connectivity index (χ1n) is 7.90. The highest BCUT2D eigenvalue weighted by Gasteiger charge is 2.74. The predicted octanol–water partition coefficient (Wildman–Crippen LogP) is 1.51. The Hall–Kier alpha value is -1.14. The molecule has 4 atom stereocenters. The van der Waals surface area contributed by atoms with E-state index >= 15 is 0 Å². The third-order valence-corrected chi connectivity index (χ3v) is 5.33. The molecule has 0 radical (unpaired) electrons. The van der Waals surface area contributed by atoms with Crippen LogP contribution in [0, 0.1) is 5.92 Å². The number of carbonyl (C=O) groups is 1. The van der Waals surface area contributed by atoms with E-state index in [1.165, 1.54) is 0 Å². The standard InChI is InChI=1S/C17H23ClN2O3/c1-10(2)14(19)15(22)20-8-13(21)17(16(3,9-20)23-17)11-4-6-12(18)7-5-11/h4-7,10,13-14,21H,8-9,19H2,1-3H3/t13-,14+,16?,17-/m0/s1. The number of fused-ring (bicyclic) bond motifs is 1. The Bertz CT molecular complexity index is 621. The second-order valence-electron chi connectivity index (χ2n) is 7.08. The van der Waals surface area contributed by atoms with Crippen LogP contribution >= 0.6 is 11.6 Å². The number of benzene rings is 1. The zero-order chi connectivity index (χ0) is 17.0. The van der Waals surface area contributed by atoms with Crippen LogP contribution in [-0.2, 0) is 15.1 Å². The molecule has 1 unspecified atom stereocenters. The number of hydrogen-bond donors (Lipinski definition) is 2. The SMILES string of the molecule is CC(C)[C@@H](N)C(=O)N1C[C@H](O)[C@]2(c3ccc(Cl)cc3)OC2(C)C1. The van der Waals surface area contributed by atoms with Gasteiger partial charge in [-0.2, -0.15) is 0 Å². The fourth-order valence-corrected chi connectivity index (χ4v) is 3.71. The topological polar surface area (TPSA) is 79.1 Å². The summed E-state index contributed by atoms with van der Waals surface area (Å²) in [5.74, 6) is -0.0870. The van der Waals surface area contributed by atoms with Gasteiger partial charge < -0.3 is 20.5 Å². The van der Waals surface area contributed by atoms with Gasteiger partial charge in [-0.15, -0.1) is 0 Å². The van der Waals surface area contributed by atoms with Crippen molar-refractivity contribution in [1.29, 1.82) is 0 Å². The third kappa shape index (κ3) is 2.47. The Morgan fingerprint density at radius 3 is 2.57 bits per heavy atom. The minimum Gasteiger partial charge on any atom is -0.388 e. The molecule has 2 aliphatic heterocycles. The van der Waals surface area contributed by atoms with E-state index in [1.54, 1.807) is 17.0 Å². The maximum absolute atomic E-state index is 12.5. The number of rotatable bonds is 3. The van der Waals surface area contributed by atoms with Gasteiger partial charge in [0.2, 0.25) is 5.91 Å². The van der Waals surface area contributed by atoms with Crippen LogP contribution in [0.25, 0.3) is 0 Å². The van der Waals surface area contributed by atoms with Gasteiger partial charge in [0.15, 0.2) is 5.60 Å². The van der Waals surface area contributed by atoms with E-state index in [4.69, 9.17) is 22.1 Å². The molecule has 2 fully saturated rings. The predicted molar refractivity (Wildman–Crippen MR) is 88.0 cm³/mol. The van der Waals surface area contributed by atoms with Crippen LogP contribution < -0.4 is 5.73 Å². The number of amides is 1. The van der Waals surface area contributed by atoms with Crippen molar-refractivity contribution < 1.29 is 14.6 Å². The van der Waals surface area contributed by atoms with Crippen molar-refractivity contribution in [3.05, 3.63) is 34.9 Å². The van der Waals surface area contributed by atoms with Crippen LogP contribution in [0.1, 0.15) is 26.3 Å². The summed E-state index contributed by atoms with van der Waals surface area (Å²) in [6.07, 6.45) is -0.800. The zero-order valence-electron chi connectivity index (χ0n) is 13.6. The highest BCUT2D eigenvalue weighted by Crippen LogP contribution is 2.60. The average Bonchev–Trinajstić information content (AvgIpc) is 3.14. The first-order chi connectivity index (χ1) is 10.7. The maximum Gasteiger partial charge on any atom is 0.239 e. The average molecular weight is 339 g/mol. The normalized spacial score (nSPS) is 34.2. The fraction of sp³-hybridized carbons (Fsp3) is 0.588. The number of nitrogens with two attached hydrogens (primary N) is 1. The molecule has 0 aromatic heterocycles. The molecule has 6 heteroatoms. The van der Waals surface area contributed by atoms with Gasteiger partial charge in [-0.1, -0.05) is 37.6 Å². The highest BCUT2D eigenvalue weighted by atomic mass is 35.5. The Morgan fingerprint density at radius 1 is 1.43 bits per heavy atom. The molecular weight excluding hydrogens is 316 g/mol. The number of ether oxygens (including phenoxy) is 1. The Balaban J connectivity index is 1.84. The first kappa shape index (κ1) is 16.7. The molecule has 3 rings (SSSR count). The van der Waals surface area contributed by atoms with Crippen LogP contribution in [0.5, 0.6) is 0 Å². The van der Waals surface area contributed by atoms with E-state index in [0.717, 1.165) is 5.56 Å². The van der Waals surface area contributed by atoms with Crippen LogP contribution in [0.4, 0.5) is 0 Å². The summed E-state index contributed by atoms with van der Waals surface area (Å²) in [5.41, 5.74) is 5.48. The van der Waals surface area contributed by atoms with E-state index in [2.05, 4.69) is 0 Å².